The summed E-state index contributed by atoms with van der Waals surface area (Å²) in [7, 11) is 0. The standard InChI is InChI=1S/C11H13N5O3S/c1-3-7-6(2)20-11(12-7)13-9(17)5-16-4-8(10(18)19)14-15-16/h4H,3,5H2,1-2H3,(H,18,19)(H,12,13,17). The number of thiazole rings is 1. The van der Waals surface area contributed by atoms with Crippen LogP contribution >= 0.6 is 11.3 Å². The lowest BCUT2D eigenvalue weighted by atomic mass is 10.3. The first-order chi connectivity index (χ1) is 9.49. The second kappa shape index (κ2) is 5.78. The molecule has 0 spiro atoms. The molecule has 2 rings (SSSR count). The van der Waals surface area contributed by atoms with Crippen molar-refractivity contribution >= 4 is 28.3 Å². The number of carboxylic acids is 1. The third kappa shape index (κ3) is 3.18. The molecule has 9 heteroatoms. The lowest BCUT2D eigenvalue weighted by Crippen LogP contribution is -2.19. The second-order valence-electron chi connectivity index (χ2n) is 4.03. The number of carbonyl (C=O) groups excluding carboxylic acids is 1. The maximum Gasteiger partial charge on any atom is 0.358 e. The minimum atomic E-state index is -1.18. The predicted octanol–water partition coefficient (Wildman–Crippen LogP) is 0.942. The number of amides is 1. The molecule has 0 radical (unpaired) electrons. The summed E-state index contributed by atoms with van der Waals surface area (Å²) in [5.41, 5.74) is 0.760. The zero-order valence-corrected chi connectivity index (χ0v) is 11.8. The van der Waals surface area contributed by atoms with Gasteiger partial charge in [0.15, 0.2) is 10.8 Å². The van der Waals surface area contributed by atoms with Crippen molar-refractivity contribution in [1.82, 2.24) is 20.0 Å². The smallest absolute Gasteiger partial charge is 0.358 e. The van der Waals surface area contributed by atoms with Crippen LogP contribution in [0, 0.1) is 6.92 Å². The van der Waals surface area contributed by atoms with Gasteiger partial charge in [-0.2, -0.15) is 0 Å². The van der Waals surface area contributed by atoms with Crippen molar-refractivity contribution in [2.75, 3.05) is 5.32 Å². The summed E-state index contributed by atoms with van der Waals surface area (Å²) in [6, 6.07) is 0. The molecule has 0 saturated carbocycles. The van der Waals surface area contributed by atoms with Gasteiger partial charge in [0.2, 0.25) is 5.91 Å². The van der Waals surface area contributed by atoms with Crippen LogP contribution in [0.1, 0.15) is 28.0 Å². The Morgan fingerprint density at radius 3 is 2.80 bits per heavy atom. The van der Waals surface area contributed by atoms with Crippen LogP contribution in [0.25, 0.3) is 0 Å². The number of aromatic carboxylic acids is 1. The minimum Gasteiger partial charge on any atom is -0.476 e. The minimum absolute atomic E-state index is 0.111. The quantitative estimate of drug-likeness (QED) is 0.849. The topological polar surface area (TPSA) is 110 Å². The highest BCUT2D eigenvalue weighted by Gasteiger charge is 2.12. The van der Waals surface area contributed by atoms with Gasteiger partial charge in [-0.25, -0.2) is 14.5 Å². The number of hydrogen-bond acceptors (Lipinski definition) is 6. The van der Waals surface area contributed by atoms with E-state index in [0.29, 0.717) is 5.13 Å². The fourth-order valence-electron chi connectivity index (χ4n) is 1.59. The molecule has 1 amide bonds. The number of carbonyl (C=O) groups is 2. The summed E-state index contributed by atoms with van der Waals surface area (Å²) in [6.45, 7) is 3.83. The third-order valence-electron chi connectivity index (χ3n) is 2.54. The Morgan fingerprint density at radius 1 is 1.50 bits per heavy atom. The van der Waals surface area contributed by atoms with Crippen molar-refractivity contribution in [3.63, 3.8) is 0 Å². The van der Waals surface area contributed by atoms with Crippen molar-refractivity contribution in [3.8, 4) is 0 Å². The van der Waals surface area contributed by atoms with Gasteiger partial charge < -0.3 is 10.4 Å². The molecule has 0 saturated heterocycles. The molecular weight excluding hydrogens is 282 g/mol. The number of anilines is 1. The van der Waals surface area contributed by atoms with Crippen molar-refractivity contribution in [3.05, 3.63) is 22.5 Å². The first kappa shape index (κ1) is 14.1. The van der Waals surface area contributed by atoms with Gasteiger partial charge in [-0.1, -0.05) is 12.1 Å². The summed E-state index contributed by atoms with van der Waals surface area (Å²) >= 11 is 1.41. The number of aromatic nitrogens is 4. The van der Waals surface area contributed by atoms with E-state index in [4.69, 9.17) is 5.11 Å². The van der Waals surface area contributed by atoms with Gasteiger partial charge in [0.1, 0.15) is 6.54 Å². The van der Waals surface area contributed by atoms with Gasteiger partial charge in [-0.3, -0.25) is 4.79 Å². The van der Waals surface area contributed by atoms with Crippen LogP contribution < -0.4 is 5.32 Å². The number of hydrogen-bond donors (Lipinski definition) is 2. The van der Waals surface area contributed by atoms with E-state index in [-0.39, 0.29) is 18.1 Å². The molecule has 20 heavy (non-hydrogen) atoms. The van der Waals surface area contributed by atoms with Gasteiger partial charge >= 0.3 is 5.97 Å². The molecule has 0 fully saturated rings. The van der Waals surface area contributed by atoms with Crippen LogP contribution in [-0.2, 0) is 17.8 Å². The second-order valence-corrected chi connectivity index (χ2v) is 5.23. The van der Waals surface area contributed by atoms with Gasteiger partial charge in [0, 0.05) is 4.88 Å². The Bertz CT molecular complexity index is 648. The molecule has 2 aromatic rings. The predicted molar refractivity (Wildman–Crippen MR) is 71.8 cm³/mol. The molecule has 0 aliphatic heterocycles. The number of rotatable bonds is 5. The average Bonchev–Trinajstić information content (AvgIpc) is 2.96. The fraction of sp³-hybridized carbons (Fsp3) is 0.364. The fourth-order valence-corrected chi connectivity index (χ4v) is 2.51. The van der Waals surface area contributed by atoms with Crippen LogP contribution in [0.5, 0.6) is 0 Å². The van der Waals surface area contributed by atoms with E-state index in [2.05, 4.69) is 20.6 Å². The van der Waals surface area contributed by atoms with Gasteiger partial charge in [0.05, 0.1) is 11.9 Å². The Kier molecular flexibility index (Phi) is 4.08. The molecule has 0 atom stereocenters. The number of carboxylic acid groups (broad SMARTS) is 1. The monoisotopic (exact) mass is 295 g/mol. The van der Waals surface area contributed by atoms with E-state index in [9.17, 15) is 9.59 Å². The summed E-state index contributed by atoms with van der Waals surface area (Å²) in [5, 5.41) is 18.9. The van der Waals surface area contributed by atoms with E-state index in [0.717, 1.165) is 17.0 Å². The van der Waals surface area contributed by atoms with Crippen LogP contribution in [0.2, 0.25) is 0 Å². The Labute approximate surface area is 118 Å². The molecule has 106 valence electrons. The molecule has 2 N–H and O–H groups in total. The van der Waals surface area contributed by atoms with Crippen LogP contribution in [-0.4, -0.2) is 37.0 Å². The Morgan fingerprint density at radius 2 is 2.25 bits per heavy atom. The van der Waals surface area contributed by atoms with Crippen LogP contribution in [0.15, 0.2) is 6.20 Å². The molecule has 2 aromatic heterocycles. The Hall–Kier alpha value is -2.29. The highest BCUT2D eigenvalue weighted by atomic mass is 32.1. The Balaban J connectivity index is 1.99. The van der Waals surface area contributed by atoms with E-state index in [1.165, 1.54) is 22.2 Å². The molecule has 2 heterocycles. The molecule has 8 nitrogen and oxygen atoms in total. The van der Waals surface area contributed by atoms with Crippen molar-refractivity contribution in [2.45, 2.75) is 26.8 Å². The number of nitrogens with one attached hydrogen (secondary N) is 1. The van der Waals surface area contributed by atoms with E-state index in [1.54, 1.807) is 0 Å². The molecule has 0 aliphatic carbocycles. The molecule has 0 bridgehead atoms. The van der Waals surface area contributed by atoms with Crippen molar-refractivity contribution in [2.24, 2.45) is 0 Å². The lowest BCUT2D eigenvalue weighted by Gasteiger charge is -2.00. The van der Waals surface area contributed by atoms with Gasteiger partial charge in [0.25, 0.3) is 0 Å². The molecule has 0 aliphatic rings. The number of nitrogens with zero attached hydrogens (tertiary/aromatic N) is 4. The largest absolute Gasteiger partial charge is 0.476 e. The average molecular weight is 295 g/mol. The summed E-state index contributed by atoms with van der Waals surface area (Å²) in [6.07, 6.45) is 2.01. The summed E-state index contributed by atoms with van der Waals surface area (Å²) in [4.78, 5) is 27.8. The molecule has 0 aromatic carbocycles. The highest BCUT2D eigenvalue weighted by molar-refractivity contribution is 7.15. The van der Waals surface area contributed by atoms with E-state index in [1.807, 2.05) is 13.8 Å². The van der Waals surface area contributed by atoms with E-state index >= 15 is 0 Å². The normalized spacial score (nSPS) is 10.5. The highest BCUT2D eigenvalue weighted by Crippen LogP contribution is 2.22. The van der Waals surface area contributed by atoms with Gasteiger partial charge in [-0.05, 0) is 13.3 Å². The van der Waals surface area contributed by atoms with E-state index < -0.39 is 5.97 Å². The third-order valence-corrected chi connectivity index (χ3v) is 3.47. The van der Waals surface area contributed by atoms with Crippen LogP contribution in [0.3, 0.4) is 0 Å². The lowest BCUT2D eigenvalue weighted by molar-refractivity contribution is -0.116. The molecule has 0 unspecified atom stereocenters. The maximum absolute atomic E-state index is 11.8. The van der Waals surface area contributed by atoms with Gasteiger partial charge in [-0.15, -0.1) is 16.4 Å². The number of aryl methyl sites for hydroxylation is 2. The SMILES string of the molecule is CCc1nc(NC(=O)Cn2cc(C(=O)O)nn2)sc1C. The van der Waals surface area contributed by atoms with Crippen LogP contribution in [0.4, 0.5) is 5.13 Å². The van der Waals surface area contributed by atoms with Crippen molar-refractivity contribution < 1.29 is 14.7 Å². The first-order valence-electron chi connectivity index (χ1n) is 5.89. The zero-order chi connectivity index (χ0) is 14.7. The summed E-state index contributed by atoms with van der Waals surface area (Å²) < 4.78 is 1.17. The maximum atomic E-state index is 11.8. The summed E-state index contributed by atoms with van der Waals surface area (Å²) in [5.74, 6) is -1.51. The zero-order valence-electron chi connectivity index (χ0n) is 11.0. The van der Waals surface area contributed by atoms with Crippen molar-refractivity contribution in [1.29, 1.82) is 0 Å². The first-order valence-corrected chi connectivity index (χ1v) is 6.70. The molecular formula is C11H13N5O3S.